The number of piperidine rings is 1. The summed E-state index contributed by atoms with van der Waals surface area (Å²) in [7, 11) is 4.07. The maximum absolute atomic E-state index is 13.3. The van der Waals surface area contributed by atoms with Gasteiger partial charge in [-0.25, -0.2) is 0 Å². The molecule has 2 aliphatic heterocycles. The lowest BCUT2D eigenvalue weighted by Crippen LogP contribution is -2.41. The second-order valence-corrected chi connectivity index (χ2v) is 8.26. The number of nitrogens with zero attached hydrogens (tertiary/aromatic N) is 3. The first-order chi connectivity index (χ1) is 12.9. The minimum absolute atomic E-state index is 0.0943. The van der Waals surface area contributed by atoms with Gasteiger partial charge in [-0.3, -0.25) is 9.59 Å². The molecule has 2 atom stereocenters. The molecule has 2 heterocycles. The Labute approximate surface area is 163 Å². The fourth-order valence-electron chi connectivity index (χ4n) is 4.69. The first-order valence-corrected chi connectivity index (χ1v) is 10.2. The minimum Gasteiger partial charge on any atom is -0.345 e. The molecule has 0 unspecified atom stereocenters. The molecule has 2 saturated heterocycles. The largest absolute Gasteiger partial charge is 0.345 e. The van der Waals surface area contributed by atoms with Crippen molar-refractivity contribution >= 4 is 11.8 Å². The molecule has 3 rings (SSSR count). The molecule has 1 aromatic carbocycles. The van der Waals surface area contributed by atoms with E-state index in [9.17, 15) is 9.59 Å². The summed E-state index contributed by atoms with van der Waals surface area (Å²) in [4.78, 5) is 32.1. The number of rotatable bonds is 5. The Morgan fingerprint density at radius 1 is 1.22 bits per heavy atom. The molecule has 148 valence electrons. The maximum atomic E-state index is 13.3. The van der Waals surface area contributed by atoms with Crippen molar-refractivity contribution in [2.75, 3.05) is 40.3 Å². The maximum Gasteiger partial charge on any atom is 0.228 e. The molecule has 0 N–H and O–H groups in total. The highest BCUT2D eigenvalue weighted by molar-refractivity contribution is 5.90. The molecule has 0 bridgehead atoms. The van der Waals surface area contributed by atoms with E-state index in [1.54, 1.807) is 0 Å². The standard InChI is InChI=1S/C22H33N3O2/c1-5-25-20(26)14-19(21(25)18-9-7-6-8-16(18)2)22(27)24(4)15-17-10-12-23(3)13-11-17/h6-9,17,19,21H,5,10-15H2,1-4H3/t19-,21+/m1/s1. The summed E-state index contributed by atoms with van der Waals surface area (Å²) in [5.74, 6) is 0.490. The molecule has 5 heteroatoms. The van der Waals surface area contributed by atoms with Crippen LogP contribution < -0.4 is 0 Å². The van der Waals surface area contributed by atoms with Crippen LogP contribution in [-0.4, -0.2) is 66.8 Å². The van der Waals surface area contributed by atoms with Crippen LogP contribution in [0.5, 0.6) is 0 Å². The molecule has 2 fully saturated rings. The van der Waals surface area contributed by atoms with Crippen molar-refractivity contribution in [1.82, 2.24) is 14.7 Å². The van der Waals surface area contributed by atoms with E-state index >= 15 is 0 Å². The Morgan fingerprint density at radius 2 is 1.89 bits per heavy atom. The summed E-state index contributed by atoms with van der Waals surface area (Å²) >= 11 is 0. The molecule has 0 saturated carbocycles. The number of likely N-dealkylation sites (tertiary alicyclic amines) is 2. The Balaban J connectivity index is 1.77. The smallest absolute Gasteiger partial charge is 0.228 e. The molecule has 27 heavy (non-hydrogen) atoms. The van der Waals surface area contributed by atoms with Gasteiger partial charge in [-0.1, -0.05) is 24.3 Å². The number of hydrogen-bond acceptors (Lipinski definition) is 3. The molecule has 0 spiro atoms. The number of amides is 2. The van der Waals surface area contributed by atoms with Gasteiger partial charge in [0.1, 0.15) is 0 Å². The van der Waals surface area contributed by atoms with E-state index < -0.39 is 0 Å². The van der Waals surface area contributed by atoms with Crippen molar-refractivity contribution in [1.29, 1.82) is 0 Å². The van der Waals surface area contributed by atoms with Crippen LogP contribution in [0.1, 0.15) is 43.4 Å². The Hall–Kier alpha value is -1.88. The zero-order chi connectivity index (χ0) is 19.6. The van der Waals surface area contributed by atoms with Gasteiger partial charge in [-0.05, 0) is 63.9 Å². The summed E-state index contributed by atoms with van der Waals surface area (Å²) in [6.45, 7) is 7.70. The minimum atomic E-state index is -0.283. The van der Waals surface area contributed by atoms with Crippen molar-refractivity contribution in [2.45, 2.75) is 39.2 Å². The van der Waals surface area contributed by atoms with Crippen LogP contribution in [0.4, 0.5) is 0 Å². The van der Waals surface area contributed by atoms with Crippen LogP contribution in [0.2, 0.25) is 0 Å². The van der Waals surface area contributed by atoms with E-state index in [0.29, 0.717) is 18.9 Å². The Bertz CT molecular complexity index is 682. The summed E-state index contributed by atoms with van der Waals surface area (Å²) in [6, 6.07) is 8.00. The molecule has 2 aliphatic rings. The topological polar surface area (TPSA) is 43.9 Å². The van der Waals surface area contributed by atoms with Crippen LogP contribution in [0, 0.1) is 18.8 Å². The van der Waals surface area contributed by atoms with E-state index in [0.717, 1.165) is 43.6 Å². The van der Waals surface area contributed by atoms with Gasteiger partial charge in [0, 0.05) is 26.6 Å². The lowest BCUT2D eigenvalue weighted by atomic mass is 9.89. The number of carbonyl (C=O) groups excluding carboxylic acids is 2. The normalized spacial score (nSPS) is 24.4. The van der Waals surface area contributed by atoms with Gasteiger partial charge in [-0.2, -0.15) is 0 Å². The van der Waals surface area contributed by atoms with E-state index in [2.05, 4.69) is 31.0 Å². The molecule has 5 nitrogen and oxygen atoms in total. The zero-order valence-corrected chi connectivity index (χ0v) is 17.1. The predicted octanol–water partition coefficient (Wildman–Crippen LogP) is 2.70. The molecule has 1 aromatic rings. The lowest BCUT2D eigenvalue weighted by molar-refractivity contribution is -0.136. The lowest BCUT2D eigenvalue weighted by Gasteiger charge is -2.34. The first kappa shape index (κ1) is 19.9. The number of hydrogen-bond donors (Lipinski definition) is 0. The van der Waals surface area contributed by atoms with E-state index in [-0.39, 0.29) is 23.8 Å². The third kappa shape index (κ3) is 4.18. The summed E-state index contributed by atoms with van der Waals surface area (Å²) < 4.78 is 0. The van der Waals surface area contributed by atoms with Crippen LogP contribution in [0.3, 0.4) is 0 Å². The first-order valence-electron chi connectivity index (χ1n) is 10.2. The van der Waals surface area contributed by atoms with Crippen LogP contribution in [-0.2, 0) is 9.59 Å². The van der Waals surface area contributed by atoms with Gasteiger partial charge >= 0.3 is 0 Å². The molecular weight excluding hydrogens is 338 g/mol. The third-order valence-corrected chi connectivity index (χ3v) is 6.34. The SMILES string of the molecule is CCN1C(=O)C[C@@H](C(=O)N(C)CC2CCN(C)CC2)[C@@H]1c1ccccc1C. The zero-order valence-electron chi connectivity index (χ0n) is 17.1. The highest BCUT2D eigenvalue weighted by Gasteiger charge is 2.45. The highest BCUT2D eigenvalue weighted by atomic mass is 16.2. The predicted molar refractivity (Wildman–Crippen MR) is 107 cm³/mol. The molecule has 0 aliphatic carbocycles. The molecule has 0 aromatic heterocycles. The van der Waals surface area contributed by atoms with Gasteiger partial charge in [0.05, 0.1) is 12.0 Å². The fraction of sp³-hybridized carbons (Fsp3) is 0.636. The van der Waals surface area contributed by atoms with Crippen molar-refractivity contribution in [3.8, 4) is 0 Å². The highest BCUT2D eigenvalue weighted by Crippen LogP contribution is 2.40. The fourth-order valence-corrected chi connectivity index (χ4v) is 4.69. The van der Waals surface area contributed by atoms with Gasteiger partial charge in [0.15, 0.2) is 0 Å². The second kappa shape index (κ2) is 8.42. The van der Waals surface area contributed by atoms with Crippen LogP contribution in [0.15, 0.2) is 24.3 Å². The van der Waals surface area contributed by atoms with Crippen LogP contribution >= 0.6 is 0 Å². The number of aryl methyl sites for hydroxylation is 1. The van der Waals surface area contributed by atoms with Crippen molar-refractivity contribution in [2.24, 2.45) is 11.8 Å². The van der Waals surface area contributed by atoms with E-state index in [1.165, 1.54) is 0 Å². The van der Waals surface area contributed by atoms with E-state index in [4.69, 9.17) is 0 Å². The molecule has 2 amide bonds. The van der Waals surface area contributed by atoms with Crippen molar-refractivity contribution in [3.63, 3.8) is 0 Å². The van der Waals surface area contributed by atoms with Gasteiger partial charge < -0.3 is 14.7 Å². The summed E-state index contributed by atoms with van der Waals surface area (Å²) in [5, 5.41) is 0. The Kier molecular flexibility index (Phi) is 6.20. The summed E-state index contributed by atoms with van der Waals surface area (Å²) in [6.07, 6.45) is 2.60. The van der Waals surface area contributed by atoms with Gasteiger partial charge in [0.2, 0.25) is 11.8 Å². The van der Waals surface area contributed by atoms with Crippen LogP contribution in [0.25, 0.3) is 0 Å². The third-order valence-electron chi connectivity index (χ3n) is 6.34. The quantitative estimate of drug-likeness (QED) is 0.799. The summed E-state index contributed by atoms with van der Waals surface area (Å²) in [5.41, 5.74) is 2.25. The van der Waals surface area contributed by atoms with Crippen molar-refractivity contribution in [3.05, 3.63) is 35.4 Å². The van der Waals surface area contributed by atoms with Crippen molar-refractivity contribution < 1.29 is 9.59 Å². The average Bonchev–Trinajstić information content (AvgIpc) is 2.99. The van der Waals surface area contributed by atoms with Gasteiger partial charge in [-0.15, -0.1) is 0 Å². The molecular formula is C22H33N3O2. The second-order valence-electron chi connectivity index (χ2n) is 8.26. The number of carbonyl (C=O) groups is 2. The van der Waals surface area contributed by atoms with E-state index in [1.807, 2.05) is 35.9 Å². The monoisotopic (exact) mass is 371 g/mol. The van der Waals surface area contributed by atoms with Gasteiger partial charge in [0.25, 0.3) is 0 Å². The number of benzene rings is 1. The average molecular weight is 372 g/mol. The molecule has 0 radical (unpaired) electrons. The Morgan fingerprint density at radius 3 is 2.52 bits per heavy atom.